The molecular weight excluding hydrogens is 232 g/mol. The molecule has 2 aliphatic rings. The lowest BCUT2D eigenvalue weighted by Gasteiger charge is -2.28. The van der Waals surface area contributed by atoms with E-state index in [1.807, 2.05) is 0 Å². The van der Waals surface area contributed by atoms with E-state index >= 15 is 0 Å². The maximum Gasteiger partial charge on any atom is 0.0107 e. The average molecular weight is 266 g/mol. The Bertz CT molecular complexity index is 215. The molecule has 19 heavy (non-hydrogen) atoms. The number of rotatable bonds is 6. The Labute approximate surface area is 120 Å². The number of hydrogen-bond donors (Lipinski definition) is 1. The van der Waals surface area contributed by atoms with Crippen LogP contribution in [0.1, 0.15) is 70.6 Å². The van der Waals surface area contributed by atoms with Gasteiger partial charge in [0.25, 0.3) is 0 Å². The zero-order chi connectivity index (χ0) is 13.3. The molecule has 0 heterocycles. The van der Waals surface area contributed by atoms with Crippen LogP contribution in [0.3, 0.4) is 0 Å². The second-order valence-electron chi connectivity index (χ2n) is 6.83. The van der Waals surface area contributed by atoms with E-state index in [9.17, 15) is 0 Å². The summed E-state index contributed by atoms with van der Waals surface area (Å²) in [5, 5.41) is 3.70. The Hall–Kier alpha value is -0.0800. The van der Waals surface area contributed by atoms with Crippen molar-refractivity contribution in [1.82, 2.24) is 10.2 Å². The van der Waals surface area contributed by atoms with Gasteiger partial charge in [-0.15, -0.1) is 0 Å². The van der Waals surface area contributed by atoms with Crippen molar-refractivity contribution in [2.45, 2.75) is 76.7 Å². The van der Waals surface area contributed by atoms with Crippen molar-refractivity contribution in [2.24, 2.45) is 5.92 Å². The van der Waals surface area contributed by atoms with Gasteiger partial charge < -0.3 is 10.2 Å². The molecule has 2 aliphatic carbocycles. The van der Waals surface area contributed by atoms with Crippen LogP contribution in [0.2, 0.25) is 0 Å². The highest BCUT2D eigenvalue weighted by Crippen LogP contribution is 2.23. The van der Waals surface area contributed by atoms with E-state index < -0.39 is 0 Å². The van der Waals surface area contributed by atoms with E-state index in [4.69, 9.17) is 0 Å². The maximum atomic E-state index is 3.70. The molecule has 0 aliphatic heterocycles. The molecule has 0 unspecified atom stereocenters. The third-order valence-corrected chi connectivity index (χ3v) is 5.25. The molecule has 2 rings (SSSR count). The molecule has 0 aromatic heterocycles. The van der Waals surface area contributed by atoms with Gasteiger partial charge >= 0.3 is 0 Å². The largest absolute Gasteiger partial charge is 0.315 e. The lowest BCUT2D eigenvalue weighted by molar-refractivity contribution is 0.218. The highest BCUT2D eigenvalue weighted by Gasteiger charge is 2.17. The first-order valence-electron chi connectivity index (χ1n) is 8.77. The molecule has 1 N–H and O–H groups in total. The summed E-state index contributed by atoms with van der Waals surface area (Å²) >= 11 is 0. The quantitative estimate of drug-likeness (QED) is 0.581. The highest BCUT2D eigenvalue weighted by atomic mass is 15.1. The number of nitrogens with one attached hydrogen (secondary N) is 1. The Balaban J connectivity index is 1.53. The summed E-state index contributed by atoms with van der Waals surface area (Å²) in [5.41, 5.74) is 0. The monoisotopic (exact) mass is 266 g/mol. The van der Waals surface area contributed by atoms with Gasteiger partial charge in [-0.3, -0.25) is 0 Å². The fourth-order valence-electron chi connectivity index (χ4n) is 3.83. The summed E-state index contributed by atoms with van der Waals surface area (Å²) in [6.45, 7) is 3.68. The Kier molecular flexibility index (Phi) is 7.23. The lowest BCUT2D eigenvalue weighted by Crippen LogP contribution is -2.38. The minimum atomic E-state index is 0.860. The van der Waals surface area contributed by atoms with Crippen LogP contribution in [0.5, 0.6) is 0 Å². The Morgan fingerprint density at radius 3 is 2.11 bits per heavy atom. The van der Waals surface area contributed by atoms with Crippen LogP contribution in [0.4, 0.5) is 0 Å². The van der Waals surface area contributed by atoms with Crippen LogP contribution in [-0.2, 0) is 0 Å². The van der Waals surface area contributed by atoms with E-state index in [2.05, 4.69) is 17.3 Å². The first-order valence-corrected chi connectivity index (χ1v) is 8.77. The second kappa shape index (κ2) is 8.97. The smallest absolute Gasteiger partial charge is 0.0107 e. The van der Waals surface area contributed by atoms with Crippen LogP contribution in [0, 0.1) is 5.92 Å². The van der Waals surface area contributed by atoms with Crippen LogP contribution >= 0.6 is 0 Å². The van der Waals surface area contributed by atoms with Crippen molar-refractivity contribution in [3.05, 3.63) is 0 Å². The third kappa shape index (κ3) is 5.83. The Morgan fingerprint density at radius 2 is 1.42 bits per heavy atom. The van der Waals surface area contributed by atoms with E-state index in [1.165, 1.54) is 90.3 Å². The standard InChI is InChI=1S/C17H34N2/c1-19(17-11-7-2-3-8-12-17)14-13-18-15-16-9-5-4-6-10-16/h16-18H,2-15H2,1H3. The molecule has 2 fully saturated rings. The van der Waals surface area contributed by atoms with E-state index in [0.29, 0.717) is 0 Å². The topological polar surface area (TPSA) is 15.3 Å². The van der Waals surface area contributed by atoms with Crippen LogP contribution in [0.25, 0.3) is 0 Å². The first-order chi connectivity index (χ1) is 9.36. The molecule has 0 amide bonds. The van der Waals surface area contributed by atoms with Crippen molar-refractivity contribution in [3.8, 4) is 0 Å². The van der Waals surface area contributed by atoms with Gasteiger partial charge in [0.2, 0.25) is 0 Å². The van der Waals surface area contributed by atoms with Gasteiger partial charge in [0.1, 0.15) is 0 Å². The van der Waals surface area contributed by atoms with Crippen molar-refractivity contribution < 1.29 is 0 Å². The van der Waals surface area contributed by atoms with Crippen molar-refractivity contribution in [2.75, 3.05) is 26.7 Å². The molecule has 0 bridgehead atoms. The third-order valence-electron chi connectivity index (χ3n) is 5.25. The summed E-state index contributed by atoms with van der Waals surface area (Å²) in [5.74, 6) is 0.969. The van der Waals surface area contributed by atoms with Crippen LogP contribution < -0.4 is 5.32 Å². The average Bonchev–Trinajstić information content (AvgIpc) is 2.73. The molecule has 2 nitrogen and oxygen atoms in total. The van der Waals surface area contributed by atoms with Crippen LogP contribution in [0.15, 0.2) is 0 Å². The maximum absolute atomic E-state index is 3.70. The minimum Gasteiger partial charge on any atom is -0.315 e. The summed E-state index contributed by atoms with van der Waals surface area (Å²) in [6.07, 6.45) is 16.0. The molecule has 2 heteroatoms. The summed E-state index contributed by atoms with van der Waals surface area (Å²) in [4.78, 5) is 2.61. The molecule has 0 atom stereocenters. The molecule has 0 spiro atoms. The molecule has 112 valence electrons. The summed E-state index contributed by atoms with van der Waals surface area (Å²) < 4.78 is 0. The molecule has 0 aromatic carbocycles. The highest BCUT2D eigenvalue weighted by molar-refractivity contribution is 4.73. The number of nitrogens with zero attached hydrogens (tertiary/aromatic N) is 1. The fourth-order valence-corrected chi connectivity index (χ4v) is 3.83. The van der Waals surface area contributed by atoms with Gasteiger partial charge in [0.15, 0.2) is 0 Å². The van der Waals surface area contributed by atoms with Gasteiger partial charge in [-0.05, 0) is 45.2 Å². The van der Waals surface area contributed by atoms with E-state index in [1.54, 1.807) is 0 Å². The molecule has 2 saturated carbocycles. The summed E-state index contributed by atoms with van der Waals surface area (Å²) in [6, 6.07) is 0.860. The minimum absolute atomic E-state index is 0.860. The van der Waals surface area contributed by atoms with Gasteiger partial charge in [0, 0.05) is 19.1 Å². The van der Waals surface area contributed by atoms with Gasteiger partial charge in [-0.25, -0.2) is 0 Å². The van der Waals surface area contributed by atoms with Crippen molar-refractivity contribution >= 4 is 0 Å². The first kappa shape index (κ1) is 15.3. The molecule has 0 aromatic rings. The predicted octanol–water partition coefficient (Wildman–Crippen LogP) is 3.81. The van der Waals surface area contributed by atoms with Gasteiger partial charge in [0.05, 0.1) is 0 Å². The number of hydrogen-bond acceptors (Lipinski definition) is 2. The van der Waals surface area contributed by atoms with Crippen molar-refractivity contribution in [3.63, 3.8) is 0 Å². The SMILES string of the molecule is CN(CCNCC1CCCCC1)C1CCCCCC1. The van der Waals surface area contributed by atoms with Crippen LogP contribution in [-0.4, -0.2) is 37.6 Å². The molecular formula is C17H34N2. The van der Waals surface area contributed by atoms with Gasteiger partial charge in [-0.2, -0.15) is 0 Å². The number of likely N-dealkylation sites (N-methyl/N-ethyl adjacent to an activating group) is 1. The molecule has 0 saturated heterocycles. The lowest BCUT2D eigenvalue weighted by atomic mass is 9.89. The fraction of sp³-hybridized carbons (Fsp3) is 1.00. The van der Waals surface area contributed by atoms with E-state index in [0.717, 1.165) is 12.0 Å². The normalized spacial score (nSPS) is 23.7. The van der Waals surface area contributed by atoms with E-state index in [-0.39, 0.29) is 0 Å². The van der Waals surface area contributed by atoms with Crippen molar-refractivity contribution in [1.29, 1.82) is 0 Å². The summed E-state index contributed by atoms with van der Waals surface area (Å²) in [7, 11) is 2.33. The Morgan fingerprint density at radius 1 is 0.842 bits per heavy atom. The zero-order valence-electron chi connectivity index (χ0n) is 13.0. The second-order valence-corrected chi connectivity index (χ2v) is 6.83. The molecule has 0 radical (unpaired) electrons. The van der Waals surface area contributed by atoms with Gasteiger partial charge in [-0.1, -0.05) is 44.9 Å². The predicted molar refractivity (Wildman–Crippen MR) is 83.6 cm³/mol. The zero-order valence-corrected chi connectivity index (χ0v) is 13.0.